The van der Waals surface area contributed by atoms with Gasteiger partial charge in [0.25, 0.3) is 5.91 Å². The van der Waals surface area contributed by atoms with Crippen molar-refractivity contribution in [1.29, 1.82) is 0 Å². The standard InChI is InChI=1S/C16H17ClN2O/c1-11-6-5-8-13(15(11)18)16(20)19(2)10-12-7-3-4-9-14(12)17/h3-9H,10,18H2,1-2H3. The van der Waals surface area contributed by atoms with Crippen LogP contribution in [-0.2, 0) is 6.54 Å². The molecule has 0 atom stereocenters. The fourth-order valence-corrected chi connectivity index (χ4v) is 2.22. The minimum atomic E-state index is -0.105. The highest BCUT2D eigenvalue weighted by Gasteiger charge is 2.16. The van der Waals surface area contributed by atoms with E-state index >= 15 is 0 Å². The molecule has 0 spiro atoms. The van der Waals surface area contributed by atoms with E-state index in [2.05, 4.69) is 0 Å². The van der Waals surface area contributed by atoms with E-state index in [0.717, 1.165) is 11.1 Å². The number of carbonyl (C=O) groups is 1. The van der Waals surface area contributed by atoms with E-state index in [1.54, 1.807) is 18.0 Å². The lowest BCUT2D eigenvalue weighted by atomic mass is 10.1. The van der Waals surface area contributed by atoms with Crippen LogP contribution in [0.3, 0.4) is 0 Å². The van der Waals surface area contributed by atoms with Crippen LogP contribution < -0.4 is 5.73 Å². The Kier molecular flexibility index (Phi) is 4.30. The predicted molar refractivity (Wildman–Crippen MR) is 82.8 cm³/mol. The second-order valence-corrected chi connectivity index (χ2v) is 5.20. The molecule has 0 saturated heterocycles. The second-order valence-electron chi connectivity index (χ2n) is 4.79. The summed E-state index contributed by atoms with van der Waals surface area (Å²) in [7, 11) is 1.74. The molecule has 2 N–H and O–H groups in total. The van der Waals surface area contributed by atoms with Crippen molar-refractivity contribution in [3.8, 4) is 0 Å². The minimum absolute atomic E-state index is 0.105. The number of amides is 1. The molecule has 1 amide bonds. The van der Waals surface area contributed by atoms with Gasteiger partial charge in [-0.15, -0.1) is 0 Å². The van der Waals surface area contributed by atoms with Gasteiger partial charge in [-0.25, -0.2) is 0 Å². The maximum Gasteiger partial charge on any atom is 0.255 e. The highest BCUT2D eigenvalue weighted by Crippen LogP contribution is 2.21. The molecule has 0 fully saturated rings. The molecule has 0 bridgehead atoms. The number of carbonyl (C=O) groups excluding carboxylic acids is 1. The molecule has 3 nitrogen and oxygen atoms in total. The Balaban J connectivity index is 2.21. The van der Waals surface area contributed by atoms with Gasteiger partial charge in [-0.3, -0.25) is 4.79 Å². The Hall–Kier alpha value is -2.00. The summed E-state index contributed by atoms with van der Waals surface area (Å²) in [6, 6.07) is 13.0. The average Bonchev–Trinajstić information content (AvgIpc) is 2.43. The number of anilines is 1. The number of rotatable bonds is 3. The Labute approximate surface area is 124 Å². The molecule has 0 aromatic heterocycles. The van der Waals surface area contributed by atoms with E-state index < -0.39 is 0 Å². The van der Waals surface area contributed by atoms with Crippen LogP contribution in [0.1, 0.15) is 21.5 Å². The summed E-state index contributed by atoms with van der Waals surface area (Å²) < 4.78 is 0. The Bertz CT molecular complexity index is 640. The summed E-state index contributed by atoms with van der Waals surface area (Å²) in [6.45, 7) is 2.34. The molecule has 0 saturated carbocycles. The molecule has 0 unspecified atom stereocenters. The van der Waals surface area contributed by atoms with Gasteiger partial charge in [0.1, 0.15) is 0 Å². The van der Waals surface area contributed by atoms with E-state index in [1.165, 1.54) is 0 Å². The number of halogens is 1. The van der Waals surface area contributed by atoms with Gasteiger partial charge in [0.05, 0.1) is 5.56 Å². The lowest BCUT2D eigenvalue weighted by molar-refractivity contribution is 0.0786. The molecule has 0 heterocycles. The number of para-hydroxylation sites is 1. The van der Waals surface area contributed by atoms with Crippen molar-refractivity contribution in [2.75, 3.05) is 12.8 Å². The number of benzene rings is 2. The highest BCUT2D eigenvalue weighted by atomic mass is 35.5. The Morgan fingerprint density at radius 2 is 1.90 bits per heavy atom. The fourth-order valence-electron chi connectivity index (χ4n) is 2.03. The maximum atomic E-state index is 12.4. The van der Waals surface area contributed by atoms with Crippen LogP contribution in [0.5, 0.6) is 0 Å². The molecule has 20 heavy (non-hydrogen) atoms. The maximum absolute atomic E-state index is 12.4. The summed E-state index contributed by atoms with van der Waals surface area (Å²) in [5, 5.41) is 0.657. The number of nitrogens with two attached hydrogens (primary N) is 1. The van der Waals surface area contributed by atoms with Gasteiger partial charge in [0, 0.05) is 24.3 Å². The van der Waals surface area contributed by atoms with Crippen LogP contribution in [0.4, 0.5) is 5.69 Å². The summed E-state index contributed by atoms with van der Waals surface area (Å²) in [6.07, 6.45) is 0. The topological polar surface area (TPSA) is 46.3 Å². The van der Waals surface area contributed by atoms with Crippen LogP contribution in [0.2, 0.25) is 5.02 Å². The molecule has 0 radical (unpaired) electrons. The quantitative estimate of drug-likeness (QED) is 0.879. The van der Waals surface area contributed by atoms with Gasteiger partial charge < -0.3 is 10.6 Å². The molecule has 2 aromatic carbocycles. The first-order chi connectivity index (χ1) is 9.50. The van der Waals surface area contributed by atoms with Crippen LogP contribution >= 0.6 is 11.6 Å². The van der Waals surface area contributed by atoms with Gasteiger partial charge in [-0.05, 0) is 30.2 Å². The largest absolute Gasteiger partial charge is 0.398 e. The number of hydrogen-bond donors (Lipinski definition) is 1. The zero-order valence-electron chi connectivity index (χ0n) is 11.6. The molecular formula is C16H17ClN2O. The van der Waals surface area contributed by atoms with Crippen molar-refractivity contribution >= 4 is 23.2 Å². The van der Waals surface area contributed by atoms with E-state index in [9.17, 15) is 4.79 Å². The Morgan fingerprint density at radius 1 is 1.20 bits per heavy atom. The molecule has 0 aliphatic rings. The first-order valence-corrected chi connectivity index (χ1v) is 6.72. The van der Waals surface area contributed by atoms with Crippen molar-refractivity contribution in [3.05, 3.63) is 64.2 Å². The van der Waals surface area contributed by atoms with Crippen LogP contribution in [0, 0.1) is 6.92 Å². The monoisotopic (exact) mass is 288 g/mol. The van der Waals surface area contributed by atoms with E-state index in [4.69, 9.17) is 17.3 Å². The lowest BCUT2D eigenvalue weighted by Gasteiger charge is -2.19. The summed E-state index contributed by atoms with van der Waals surface area (Å²) >= 11 is 6.11. The van der Waals surface area contributed by atoms with Crippen LogP contribution in [0.15, 0.2) is 42.5 Å². The van der Waals surface area contributed by atoms with E-state index in [0.29, 0.717) is 22.8 Å². The fraction of sp³-hybridized carbons (Fsp3) is 0.188. The molecule has 0 aliphatic carbocycles. The van der Waals surface area contributed by atoms with Crippen molar-refractivity contribution < 1.29 is 4.79 Å². The summed E-state index contributed by atoms with van der Waals surface area (Å²) in [4.78, 5) is 14.1. The number of aryl methyl sites for hydroxylation is 1. The van der Waals surface area contributed by atoms with E-state index in [-0.39, 0.29) is 5.91 Å². The van der Waals surface area contributed by atoms with Crippen molar-refractivity contribution in [2.45, 2.75) is 13.5 Å². The van der Waals surface area contributed by atoms with Gasteiger partial charge in [0.15, 0.2) is 0 Å². The lowest BCUT2D eigenvalue weighted by Crippen LogP contribution is -2.27. The first kappa shape index (κ1) is 14.4. The SMILES string of the molecule is Cc1cccc(C(=O)N(C)Cc2ccccc2Cl)c1N. The van der Waals surface area contributed by atoms with Gasteiger partial charge in [0.2, 0.25) is 0 Å². The second kappa shape index (κ2) is 5.97. The third-order valence-corrected chi connectivity index (χ3v) is 3.64. The van der Waals surface area contributed by atoms with E-state index in [1.807, 2.05) is 43.3 Å². The smallest absolute Gasteiger partial charge is 0.255 e. The van der Waals surface area contributed by atoms with Crippen LogP contribution in [0.25, 0.3) is 0 Å². The van der Waals surface area contributed by atoms with Crippen molar-refractivity contribution in [2.24, 2.45) is 0 Å². The molecular weight excluding hydrogens is 272 g/mol. The minimum Gasteiger partial charge on any atom is -0.398 e. The average molecular weight is 289 g/mol. The Morgan fingerprint density at radius 3 is 2.60 bits per heavy atom. The van der Waals surface area contributed by atoms with Crippen LogP contribution in [-0.4, -0.2) is 17.9 Å². The first-order valence-electron chi connectivity index (χ1n) is 6.34. The van der Waals surface area contributed by atoms with Gasteiger partial charge >= 0.3 is 0 Å². The third kappa shape index (κ3) is 2.94. The predicted octanol–water partition coefficient (Wildman–Crippen LogP) is 3.50. The number of nitrogens with zero attached hydrogens (tertiary/aromatic N) is 1. The molecule has 0 aliphatic heterocycles. The zero-order chi connectivity index (χ0) is 14.7. The summed E-state index contributed by atoms with van der Waals surface area (Å²) in [5.74, 6) is -0.105. The molecule has 2 aromatic rings. The molecule has 104 valence electrons. The van der Waals surface area contributed by atoms with Crippen molar-refractivity contribution in [1.82, 2.24) is 4.90 Å². The van der Waals surface area contributed by atoms with Crippen molar-refractivity contribution in [3.63, 3.8) is 0 Å². The molecule has 2 rings (SSSR count). The zero-order valence-corrected chi connectivity index (χ0v) is 12.3. The highest BCUT2D eigenvalue weighted by molar-refractivity contribution is 6.31. The third-order valence-electron chi connectivity index (χ3n) is 3.27. The number of nitrogen functional groups attached to an aromatic ring is 1. The number of hydrogen-bond acceptors (Lipinski definition) is 2. The van der Waals surface area contributed by atoms with Gasteiger partial charge in [-0.1, -0.05) is 41.9 Å². The summed E-state index contributed by atoms with van der Waals surface area (Å²) in [5.41, 5.74) is 8.85. The molecule has 4 heteroatoms. The van der Waals surface area contributed by atoms with Gasteiger partial charge in [-0.2, -0.15) is 0 Å². The normalized spacial score (nSPS) is 10.3.